The zero-order chi connectivity index (χ0) is 17.3. The molecule has 0 aliphatic rings. The van der Waals surface area contributed by atoms with Crippen molar-refractivity contribution in [2.24, 2.45) is 10.8 Å². The van der Waals surface area contributed by atoms with Crippen LogP contribution in [0.3, 0.4) is 0 Å². The molecule has 3 nitrogen and oxygen atoms in total. The summed E-state index contributed by atoms with van der Waals surface area (Å²) in [6.45, 7) is 14.4. The topological polar surface area (TPSA) is 57.5 Å². The Morgan fingerprint density at radius 2 is 1.59 bits per heavy atom. The minimum Gasteiger partial charge on any atom is -0.508 e. The molecule has 0 unspecified atom stereocenters. The maximum Gasteiger partial charge on any atom is 0.309 e. The number of hydrogen-bond acceptors (Lipinski definition) is 2. The molecule has 0 aliphatic carbocycles. The smallest absolute Gasteiger partial charge is 0.309 e. The van der Waals surface area contributed by atoms with Crippen LogP contribution in [-0.4, -0.2) is 16.2 Å². The Morgan fingerprint density at radius 1 is 1.05 bits per heavy atom. The van der Waals surface area contributed by atoms with Gasteiger partial charge in [-0.25, -0.2) is 0 Å². The third-order valence-corrected chi connectivity index (χ3v) is 4.04. The maximum atomic E-state index is 11.3. The van der Waals surface area contributed by atoms with Gasteiger partial charge < -0.3 is 10.2 Å². The molecule has 22 heavy (non-hydrogen) atoms. The summed E-state index contributed by atoms with van der Waals surface area (Å²) in [5, 5.41) is 19.4. The SMILES string of the molecule is CC(C)(C)CC(C)(C)c1ccc(O)c(CC(C)(C)C(=O)O)c1. The lowest BCUT2D eigenvalue weighted by molar-refractivity contribution is -0.146. The van der Waals surface area contributed by atoms with Crippen LogP contribution in [0.2, 0.25) is 0 Å². The average Bonchev–Trinajstić information content (AvgIpc) is 2.28. The Hall–Kier alpha value is -1.51. The second kappa shape index (κ2) is 5.94. The van der Waals surface area contributed by atoms with Crippen molar-refractivity contribution in [3.63, 3.8) is 0 Å². The van der Waals surface area contributed by atoms with Gasteiger partial charge in [-0.2, -0.15) is 0 Å². The molecule has 0 atom stereocenters. The summed E-state index contributed by atoms with van der Waals surface area (Å²) in [5.74, 6) is -0.684. The van der Waals surface area contributed by atoms with Crippen LogP contribution in [0.4, 0.5) is 0 Å². The summed E-state index contributed by atoms with van der Waals surface area (Å²) in [6.07, 6.45) is 1.32. The number of hydrogen-bond donors (Lipinski definition) is 2. The lowest BCUT2D eigenvalue weighted by Crippen LogP contribution is -2.27. The van der Waals surface area contributed by atoms with Gasteiger partial charge in [-0.15, -0.1) is 0 Å². The monoisotopic (exact) mass is 306 g/mol. The van der Waals surface area contributed by atoms with Crippen LogP contribution < -0.4 is 0 Å². The summed E-state index contributed by atoms with van der Waals surface area (Å²) >= 11 is 0. The molecule has 1 rings (SSSR count). The maximum absolute atomic E-state index is 11.3. The van der Waals surface area contributed by atoms with Crippen molar-refractivity contribution in [3.8, 4) is 5.75 Å². The van der Waals surface area contributed by atoms with Crippen LogP contribution in [0.5, 0.6) is 5.75 Å². The Kier molecular flexibility index (Phi) is 5.01. The average molecular weight is 306 g/mol. The molecular weight excluding hydrogens is 276 g/mol. The fourth-order valence-electron chi connectivity index (χ4n) is 3.13. The van der Waals surface area contributed by atoms with Gasteiger partial charge >= 0.3 is 5.97 Å². The summed E-state index contributed by atoms with van der Waals surface area (Å²) in [6, 6.07) is 5.59. The second-order valence-corrected chi connectivity index (χ2v) is 8.83. The number of aromatic hydroxyl groups is 1. The zero-order valence-electron chi connectivity index (χ0n) is 14.9. The van der Waals surface area contributed by atoms with Crippen molar-refractivity contribution < 1.29 is 15.0 Å². The van der Waals surface area contributed by atoms with Crippen molar-refractivity contribution in [1.82, 2.24) is 0 Å². The standard InChI is InChI=1S/C19H30O3/c1-17(2,3)12-19(6,7)14-8-9-15(20)13(10-14)11-18(4,5)16(21)22/h8-10,20H,11-12H2,1-7H3,(H,21,22). The molecule has 1 aromatic rings. The van der Waals surface area contributed by atoms with Crippen molar-refractivity contribution in [2.75, 3.05) is 0 Å². The van der Waals surface area contributed by atoms with Crippen LogP contribution in [-0.2, 0) is 16.6 Å². The first kappa shape index (κ1) is 18.5. The molecule has 1 aromatic carbocycles. The fourth-order valence-corrected chi connectivity index (χ4v) is 3.13. The van der Waals surface area contributed by atoms with Gasteiger partial charge in [0.25, 0.3) is 0 Å². The second-order valence-electron chi connectivity index (χ2n) is 8.83. The van der Waals surface area contributed by atoms with E-state index in [-0.39, 0.29) is 16.6 Å². The number of phenolic OH excluding ortho intramolecular Hbond substituents is 1. The molecule has 3 heteroatoms. The fraction of sp³-hybridized carbons (Fsp3) is 0.632. The third-order valence-electron chi connectivity index (χ3n) is 4.04. The first-order valence-corrected chi connectivity index (χ1v) is 7.80. The van der Waals surface area contributed by atoms with E-state index in [4.69, 9.17) is 0 Å². The van der Waals surface area contributed by atoms with E-state index in [9.17, 15) is 15.0 Å². The summed E-state index contributed by atoms with van der Waals surface area (Å²) < 4.78 is 0. The number of carboxylic acids is 1. The number of aliphatic carboxylic acids is 1. The molecule has 0 amide bonds. The van der Waals surface area contributed by atoms with E-state index < -0.39 is 11.4 Å². The quantitative estimate of drug-likeness (QED) is 0.824. The number of carbonyl (C=O) groups is 1. The van der Waals surface area contributed by atoms with Crippen molar-refractivity contribution in [1.29, 1.82) is 0 Å². The van der Waals surface area contributed by atoms with Crippen molar-refractivity contribution in [3.05, 3.63) is 29.3 Å². The van der Waals surface area contributed by atoms with Crippen LogP contribution in [0, 0.1) is 10.8 Å². The van der Waals surface area contributed by atoms with Gasteiger partial charge in [0, 0.05) is 0 Å². The van der Waals surface area contributed by atoms with Gasteiger partial charge in [0.05, 0.1) is 5.41 Å². The van der Waals surface area contributed by atoms with Gasteiger partial charge in [-0.3, -0.25) is 4.79 Å². The number of benzene rings is 1. The van der Waals surface area contributed by atoms with Gasteiger partial charge in [0.15, 0.2) is 0 Å². The molecule has 0 spiro atoms. The minimum atomic E-state index is -0.899. The molecule has 0 saturated carbocycles. The molecule has 124 valence electrons. The number of phenols is 1. The van der Waals surface area contributed by atoms with Crippen LogP contribution in [0.1, 0.15) is 66.0 Å². The minimum absolute atomic E-state index is 0.0337. The summed E-state index contributed by atoms with van der Waals surface area (Å²) in [7, 11) is 0. The highest BCUT2D eigenvalue weighted by Gasteiger charge is 2.31. The highest BCUT2D eigenvalue weighted by molar-refractivity contribution is 5.74. The van der Waals surface area contributed by atoms with E-state index >= 15 is 0 Å². The van der Waals surface area contributed by atoms with Crippen LogP contribution in [0.15, 0.2) is 18.2 Å². The third kappa shape index (κ3) is 4.75. The summed E-state index contributed by atoms with van der Waals surface area (Å²) in [4.78, 5) is 11.3. The molecular formula is C19H30O3. The molecule has 0 saturated heterocycles. The first-order valence-electron chi connectivity index (χ1n) is 7.80. The van der Waals surface area contributed by atoms with Crippen molar-refractivity contribution in [2.45, 2.75) is 66.7 Å². The Labute approximate surface area is 134 Å². The lowest BCUT2D eigenvalue weighted by Gasteiger charge is -2.33. The van der Waals surface area contributed by atoms with E-state index in [0.717, 1.165) is 12.0 Å². The first-order chi connectivity index (χ1) is 9.74. The van der Waals surface area contributed by atoms with Gasteiger partial charge in [0.2, 0.25) is 0 Å². The molecule has 0 heterocycles. The van der Waals surface area contributed by atoms with Gasteiger partial charge in [0.1, 0.15) is 5.75 Å². The molecule has 0 radical (unpaired) electrons. The normalized spacial score (nSPS) is 13.2. The predicted octanol–water partition coefficient (Wildman–Crippen LogP) is 4.76. The molecule has 0 bridgehead atoms. The highest BCUT2D eigenvalue weighted by Crippen LogP contribution is 2.38. The Morgan fingerprint density at radius 3 is 2.05 bits per heavy atom. The van der Waals surface area contributed by atoms with E-state index in [1.54, 1.807) is 19.9 Å². The predicted molar refractivity (Wildman–Crippen MR) is 90.3 cm³/mol. The lowest BCUT2D eigenvalue weighted by atomic mass is 9.71. The van der Waals surface area contributed by atoms with E-state index in [2.05, 4.69) is 34.6 Å². The van der Waals surface area contributed by atoms with E-state index in [1.165, 1.54) is 0 Å². The Balaban J connectivity index is 3.17. The van der Waals surface area contributed by atoms with Crippen LogP contribution >= 0.6 is 0 Å². The van der Waals surface area contributed by atoms with Crippen LogP contribution in [0.25, 0.3) is 0 Å². The molecule has 0 fully saturated rings. The van der Waals surface area contributed by atoms with Gasteiger partial charge in [-0.1, -0.05) is 46.8 Å². The van der Waals surface area contributed by atoms with E-state index in [0.29, 0.717) is 12.0 Å². The van der Waals surface area contributed by atoms with E-state index in [1.807, 2.05) is 12.1 Å². The number of carboxylic acid groups (broad SMARTS) is 1. The summed E-state index contributed by atoms with van der Waals surface area (Å²) in [5.41, 5.74) is 1.10. The molecule has 0 aromatic heterocycles. The highest BCUT2D eigenvalue weighted by atomic mass is 16.4. The Bertz CT molecular complexity index is 548. The number of rotatable bonds is 5. The largest absolute Gasteiger partial charge is 0.508 e. The molecule has 2 N–H and O–H groups in total. The molecule has 0 aliphatic heterocycles. The van der Waals surface area contributed by atoms with Gasteiger partial charge in [-0.05, 0) is 54.7 Å². The zero-order valence-corrected chi connectivity index (χ0v) is 14.9. The van der Waals surface area contributed by atoms with Crippen molar-refractivity contribution >= 4 is 5.97 Å².